The number of rotatable bonds is 4. The quantitative estimate of drug-likeness (QED) is 0.864. The van der Waals surface area contributed by atoms with Crippen molar-refractivity contribution in [2.24, 2.45) is 0 Å². The maximum absolute atomic E-state index is 14.2. The molecular formula is C15H13BrClFO3. The SMILES string of the molecule is COc1cc(F)c(C(O)c2ccc(Br)cc2Cl)cc1OC. The molecule has 2 aromatic carbocycles. The lowest BCUT2D eigenvalue weighted by atomic mass is 10.0. The first kappa shape index (κ1) is 16.1. The Morgan fingerprint density at radius 2 is 1.71 bits per heavy atom. The second-order valence-electron chi connectivity index (χ2n) is 4.30. The van der Waals surface area contributed by atoms with Crippen molar-refractivity contribution in [3.05, 3.63) is 56.8 Å². The van der Waals surface area contributed by atoms with E-state index < -0.39 is 11.9 Å². The zero-order chi connectivity index (χ0) is 15.6. The summed E-state index contributed by atoms with van der Waals surface area (Å²) < 4.78 is 25.1. The largest absolute Gasteiger partial charge is 0.493 e. The van der Waals surface area contributed by atoms with Gasteiger partial charge in [0.1, 0.15) is 11.9 Å². The van der Waals surface area contributed by atoms with E-state index in [1.165, 1.54) is 26.4 Å². The average molecular weight is 376 g/mol. The van der Waals surface area contributed by atoms with E-state index in [1.54, 1.807) is 18.2 Å². The molecule has 0 spiro atoms. The number of ether oxygens (including phenoxy) is 2. The van der Waals surface area contributed by atoms with Gasteiger partial charge in [-0.2, -0.15) is 0 Å². The van der Waals surface area contributed by atoms with E-state index in [4.69, 9.17) is 21.1 Å². The number of hydrogen-bond acceptors (Lipinski definition) is 3. The molecule has 0 amide bonds. The summed E-state index contributed by atoms with van der Waals surface area (Å²) in [5, 5.41) is 10.7. The lowest BCUT2D eigenvalue weighted by Gasteiger charge is -2.17. The van der Waals surface area contributed by atoms with Crippen LogP contribution in [0.1, 0.15) is 17.2 Å². The van der Waals surface area contributed by atoms with E-state index in [1.807, 2.05) is 0 Å². The Bertz CT molecular complexity index is 664. The summed E-state index contributed by atoms with van der Waals surface area (Å²) in [5.41, 5.74) is 0.475. The molecule has 1 N–H and O–H groups in total. The van der Waals surface area contributed by atoms with Crippen molar-refractivity contribution >= 4 is 27.5 Å². The molecule has 0 heterocycles. The van der Waals surface area contributed by atoms with Crippen LogP contribution in [0.25, 0.3) is 0 Å². The van der Waals surface area contributed by atoms with Crippen LogP contribution in [-0.4, -0.2) is 19.3 Å². The molecule has 21 heavy (non-hydrogen) atoms. The van der Waals surface area contributed by atoms with E-state index in [0.717, 1.165) is 4.47 Å². The first-order valence-corrected chi connectivity index (χ1v) is 7.19. The van der Waals surface area contributed by atoms with Crippen molar-refractivity contribution in [2.75, 3.05) is 14.2 Å². The van der Waals surface area contributed by atoms with E-state index in [0.29, 0.717) is 16.3 Å². The van der Waals surface area contributed by atoms with E-state index in [-0.39, 0.29) is 11.3 Å². The third kappa shape index (κ3) is 3.31. The molecule has 2 aromatic rings. The number of aliphatic hydroxyl groups excluding tert-OH is 1. The van der Waals surface area contributed by atoms with Crippen molar-refractivity contribution in [1.29, 1.82) is 0 Å². The van der Waals surface area contributed by atoms with Gasteiger partial charge < -0.3 is 14.6 Å². The zero-order valence-electron chi connectivity index (χ0n) is 11.4. The molecule has 0 aromatic heterocycles. The summed E-state index contributed by atoms with van der Waals surface area (Å²) in [6, 6.07) is 7.57. The molecule has 2 rings (SSSR count). The molecule has 6 heteroatoms. The Morgan fingerprint density at radius 1 is 1.10 bits per heavy atom. The minimum atomic E-state index is -1.20. The third-order valence-electron chi connectivity index (χ3n) is 3.05. The average Bonchev–Trinajstić information content (AvgIpc) is 2.46. The van der Waals surface area contributed by atoms with Gasteiger partial charge in [0.15, 0.2) is 11.5 Å². The molecule has 0 aliphatic heterocycles. The highest BCUT2D eigenvalue weighted by molar-refractivity contribution is 9.10. The normalized spacial score (nSPS) is 12.1. The summed E-state index contributed by atoms with van der Waals surface area (Å²) in [7, 11) is 2.86. The van der Waals surface area contributed by atoms with Crippen molar-refractivity contribution in [3.8, 4) is 11.5 Å². The number of benzene rings is 2. The second-order valence-corrected chi connectivity index (χ2v) is 5.62. The van der Waals surface area contributed by atoms with Crippen LogP contribution in [0.2, 0.25) is 5.02 Å². The lowest BCUT2D eigenvalue weighted by molar-refractivity contribution is 0.214. The first-order valence-electron chi connectivity index (χ1n) is 6.02. The van der Waals surface area contributed by atoms with Crippen LogP contribution in [0.5, 0.6) is 11.5 Å². The van der Waals surface area contributed by atoms with Crippen LogP contribution in [0.15, 0.2) is 34.8 Å². The molecule has 1 unspecified atom stereocenters. The van der Waals surface area contributed by atoms with Crippen molar-refractivity contribution in [3.63, 3.8) is 0 Å². The van der Waals surface area contributed by atoms with Crippen LogP contribution in [0.4, 0.5) is 4.39 Å². The van der Waals surface area contributed by atoms with Gasteiger partial charge in [-0.15, -0.1) is 0 Å². The van der Waals surface area contributed by atoms with Crippen LogP contribution in [0, 0.1) is 5.82 Å². The fourth-order valence-electron chi connectivity index (χ4n) is 1.97. The van der Waals surface area contributed by atoms with Gasteiger partial charge in [-0.25, -0.2) is 4.39 Å². The highest BCUT2D eigenvalue weighted by atomic mass is 79.9. The monoisotopic (exact) mass is 374 g/mol. The molecule has 3 nitrogen and oxygen atoms in total. The zero-order valence-corrected chi connectivity index (χ0v) is 13.7. The molecule has 0 radical (unpaired) electrons. The van der Waals surface area contributed by atoms with Gasteiger partial charge in [-0.1, -0.05) is 33.6 Å². The Balaban J connectivity index is 2.50. The summed E-state index contributed by atoms with van der Waals surface area (Å²) in [4.78, 5) is 0. The molecule has 0 saturated carbocycles. The fourth-order valence-corrected chi connectivity index (χ4v) is 2.75. The van der Waals surface area contributed by atoms with Crippen LogP contribution in [-0.2, 0) is 0 Å². The molecule has 0 aliphatic carbocycles. The first-order chi connectivity index (χ1) is 9.97. The number of halogens is 3. The smallest absolute Gasteiger partial charge is 0.163 e. The van der Waals surface area contributed by atoms with Crippen molar-refractivity contribution in [1.82, 2.24) is 0 Å². The summed E-state index contributed by atoms with van der Waals surface area (Å²) in [5.74, 6) is -0.00632. The van der Waals surface area contributed by atoms with Gasteiger partial charge >= 0.3 is 0 Å². The molecule has 0 bridgehead atoms. The minimum absolute atomic E-state index is 0.0665. The highest BCUT2D eigenvalue weighted by Crippen LogP contribution is 2.36. The van der Waals surface area contributed by atoms with Gasteiger partial charge in [0.25, 0.3) is 0 Å². The predicted molar refractivity (Wildman–Crippen MR) is 82.7 cm³/mol. The van der Waals surface area contributed by atoms with Crippen LogP contribution in [0.3, 0.4) is 0 Å². The summed E-state index contributed by atoms with van der Waals surface area (Å²) in [6.07, 6.45) is -1.20. The van der Waals surface area contributed by atoms with E-state index in [9.17, 15) is 9.50 Å². The summed E-state index contributed by atoms with van der Waals surface area (Å²) >= 11 is 9.37. The Morgan fingerprint density at radius 3 is 2.29 bits per heavy atom. The number of hydrogen-bond donors (Lipinski definition) is 1. The van der Waals surface area contributed by atoms with Gasteiger partial charge in [0, 0.05) is 26.7 Å². The molecule has 112 valence electrons. The van der Waals surface area contributed by atoms with Crippen molar-refractivity contribution < 1.29 is 19.0 Å². The topological polar surface area (TPSA) is 38.7 Å². The third-order valence-corrected chi connectivity index (χ3v) is 3.88. The van der Waals surface area contributed by atoms with Crippen LogP contribution >= 0.6 is 27.5 Å². The molecule has 0 saturated heterocycles. The van der Waals surface area contributed by atoms with Crippen molar-refractivity contribution in [2.45, 2.75) is 6.10 Å². The van der Waals surface area contributed by atoms with Gasteiger partial charge in [0.2, 0.25) is 0 Å². The molecular weight excluding hydrogens is 363 g/mol. The second kappa shape index (κ2) is 6.64. The predicted octanol–water partition coefficient (Wildman–Crippen LogP) is 4.34. The minimum Gasteiger partial charge on any atom is -0.493 e. The highest BCUT2D eigenvalue weighted by Gasteiger charge is 2.21. The molecule has 0 fully saturated rings. The Kier molecular flexibility index (Phi) is 5.08. The van der Waals surface area contributed by atoms with E-state index >= 15 is 0 Å². The molecule has 0 aliphatic rings. The lowest BCUT2D eigenvalue weighted by Crippen LogP contribution is -2.05. The standard InChI is InChI=1S/C15H13BrClFO3/c1-20-13-6-10(12(18)7-14(13)21-2)15(19)9-4-3-8(16)5-11(9)17/h3-7,15,19H,1-2H3. The maximum Gasteiger partial charge on any atom is 0.163 e. The maximum atomic E-state index is 14.2. The van der Waals surface area contributed by atoms with Gasteiger partial charge in [0.05, 0.1) is 14.2 Å². The van der Waals surface area contributed by atoms with Crippen LogP contribution < -0.4 is 9.47 Å². The fraction of sp³-hybridized carbons (Fsp3) is 0.200. The van der Waals surface area contributed by atoms with Gasteiger partial charge in [-0.3, -0.25) is 0 Å². The Labute approximate surface area is 135 Å². The Hall–Kier alpha value is -1.30. The molecule has 1 atom stereocenters. The van der Waals surface area contributed by atoms with E-state index in [2.05, 4.69) is 15.9 Å². The summed E-state index contributed by atoms with van der Waals surface area (Å²) in [6.45, 7) is 0. The van der Waals surface area contributed by atoms with Gasteiger partial charge in [-0.05, 0) is 18.2 Å². The number of aliphatic hydroxyl groups is 1. The number of methoxy groups -OCH3 is 2.